The van der Waals surface area contributed by atoms with Crippen LogP contribution in [0.25, 0.3) is 0 Å². The Balaban J connectivity index is 2.48. The first kappa shape index (κ1) is 16.4. The second-order valence-electron chi connectivity index (χ2n) is 6.86. The average Bonchev–Trinajstić information content (AvgIpc) is 2.35. The molecule has 1 atom stereocenters. The van der Waals surface area contributed by atoms with Crippen molar-refractivity contribution in [1.29, 1.82) is 0 Å². The lowest BCUT2D eigenvalue weighted by Gasteiger charge is -2.37. The van der Waals surface area contributed by atoms with Crippen LogP contribution < -0.4 is 5.73 Å². The van der Waals surface area contributed by atoms with Crippen LogP contribution in [-0.2, 0) is 4.79 Å². The van der Waals surface area contributed by atoms with Gasteiger partial charge in [-0.25, -0.2) is 0 Å². The highest BCUT2D eigenvalue weighted by Gasteiger charge is 2.29. The van der Waals surface area contributed by atoms with Crippen molar-refractivity contribution < 1.29 is 4.79 Å². The fourth-order valence-corrected chi connectivity index (χ4v) is 2.78. The molecule has 0 radical (unpaired) electrons. The summed E-state index contributed by atoms with van der Waals surface area (Å²) in [4.78, 5) is 16.9. The SMILES string of the molecule is CCCN1CCN(C(=O)C(CN)CC(C)(C)C)CC1. The molecule has 1 unspecified atom stereocenters. The summed E-state index contributed by atoms with van der Waals surface area (Å²) in [6.45, 7) is 14.0. The fraction of sp³-hybridized carbons (Fsp3) is 0.933. The van der Waals surface area contributed by atoms with Crippen LogP contribution in [0.2, 0.25) is 0 Å². The van der Waals surface area contributed by atoms with Crippen LogP contribution in [0.5, 0.6) is 0 Å². The molecule has 1 aliphatic rings. The van der Waals surface area contributed by atoms with Gasteiger partial charge in [0.1, 0.15) is 0 Å². The Labute approximate surface area is 118 Å². The summed E-state index contributed by atoms with van der Waals surface area (Å²) in [6, 6.07) is 0. The van der Waals surface area contributed by atoms with E-state index in [-0.39, 0.29) is 17.2 Å². The highest BCUT2D eigenvalue weighted by molar-refractivity contribution is 5.79. The van der Waals surface area contributed by atoms with Gasteiger partial charge in [0.25, 0.3) is 0 Å². The third kappa shape index (κ3) is 5.49. The zero-order valence-electron chi connectivity index (χ0n) is 13.1. The van der Waals surface area contributed by atoms with Gasteiger partial charge in [-0.1, -0.05) is 27.7 Å². The summed E-state index contributed by atoms with van der Waals surface area (Å²) >= 11 is 0. The van der Waals surface area contributed by atoms with E-state index in [0.717, 1.165) is 39.1 Å². The standard InChI is InChI=1S/C15H31N3O/c1-5-6-17-7-9-18(10-8-17)14(19)13(12-16)11-15(2,3)4/h13H,5-12,16H2,1-4H3. The Bertz CT molecular complexity index is 278. The molecule has 19 heavy (non-hydrogen) atoms. The van der Waals surface area contributed by atoms with Crippen molar-refractivity contribution >= 4 is 5.91 Å². The minimum atomic E-state index is -0.0160. The van der Waals surface area contributed by atoms with Crippen LogP contribution in [0.1, 0.15) is 40.5 Å². The van der Waals surface area contributed by atoms with Gasteiger partial charge in [-0.05, 0) is 24.8 Å². The lowest BCUT2D eigenvalue weighted by molar-refractivity contribution is -0.138. The van der Waals surface area contributed by atoms with E-state index >= 15 is 0 Å². The van der Waals surface area contributed by atoms with Crippen LogP contribution in [-0.4, -0.2) is 55.0 Å². The number of piperazine rings is 1. The predicted molar refractivity (Wildman–Crippen MR) is 79.9 cm³/mol. The molecule has 1 heterocycles. The van der Waals surface area contributed by atoms with Gasteiger partial charge < -0.3 is 10.6 Å². The molecule has 0 aromatic heterocycles. The van der Waals surface area contributed by atoms with E-state index in [1.807, 2.05) is 4.90 Å². The van der Waals surface area contributed by atoms with Gasteiger partial charge in [0.15, 0.2) is 0 Å². The van der Waals surface area contributed by atoms with Crippen LogP contribution in [0.15, 0.2) is 0 Å². The minimum Gasteiger partial charge on any atom is -0.340 e. The van der Waals surface area contributed by atoms with E-state index in [4.69, 9.17) is 5.73 Å². The van der Waals surface area contributed by atoms with Crippen molar-refractivity contribution in [2.24, 2.45) is 17.1 Å². The van der Waals surface area contributed by atoms with E-state index in [1.54, 1.807) is 0 Å². The third-order valence-electron chi connectivity index (χ3n) is 3.72. The largest absolute Gasteiger partial charge is 0.340 e. The van der Waals surface area contributed by atoms with Gasteiger partial charge in [0.2, 0.25) is 5.91 Å². The van der Waals surface area contributed by atoms with E-state index in [0.29, 0.717) is 6.54 Å². The second kappa shape index (κ2) is 7.25. The van der Waals surface area contributed by atoms with Gasteiger partial charge in [-0.2, -0.15) is 0 Å². The lowest BCUT2D eigenvalue weighted by atomic mass is 9.84. The van der Waals surface area contributed by atoms with Gasteiger partial charge in [0, 0.05) is 32.7 Å². The smallest absolute Gasteiger partial charge is 0.227 e. The molecule has 0 saturated carbocycles. The molecule has 0 bridgehead atoms. The highest BCUT2D eigenvalue weighted by Crippen LogP contribution is 2.25. The number of rotatable bonds is 5. The molecule has 4 heteroatoms. The molecule has 1 saturated heterocycles. The number of carbonyl (C=O) groups is 1. The molecule has 4 nitrogen and oxygen atoms in total. The molecule has 1 fully saturated rings. The van der Waals surface area contributed by atoms with Gasteiger partial charge >= 0.3 is 0 Å². The highest BCUT2D eigenvalue weighted by atomic mass is 16.2. The molecule has 1 amide bonds. The number of nitrogens with zero attached hydrogens (tertiary/aromatic N) is 2. The molecular formula is C15H31N3O. The summed E-state index contributed by atoms with van der Waals surface area (Å²) in [5.41, 5.74) is 5.96. The summed E-state index contributed by atoms with van der Waals surface area (Å²) in [5.74, 6) is 0.242. The van der Waals surface area contributed by atoms with Crippen molar-refractivity contribution in [1.82, 2.24) is 9.80 Å². The van der Waals surface area contributed by atoms with Gasteiger partial charge in [-0.15, -0.1) is 0 Å². The number of nitrogens with two attached hydrogens (primary N) is 1. The van der Waals surface area contributed by atoms with E-state index < -0.39 is 0 Å². The van der Waals surface area contributed by atoms with Crippen molar-refractivity contribution in [3.8, 4) is 0 Å². The third-order valence-corrected chi connectivity index (χ3v) is 3.72. The van der Waals surface area contributed by atoms with Crippen molar-refractivity contribution in [3.05, 3.63) is 0 Å². The summed E-state index contributed by atoms with van der Waals surface area (Å²) < 4.78 is 0. The molecule has 112 valence electrons. The predicted octanol–water partition coefficient (Wildman–Crippen LogP) is 1.55. The zero-order chi connectivity index (χ0) is 14.5. The van der Waals surface area contributed by atoms with Crippen LogP contribution >= 0.6 is 0 Å². The van der Waals surface area contributed by atoms with Crippen LogP contribution in [0.3, 0.4) is 0 Å². The molecule has 0 aromatic carbocycles. The molecular weight excluding hydrogens is 238 g/mol. The lowest BCUT2D eigenvalue weighted by Crippen LogP contribution is -2.51. The average molecular weight is 269 g/mol. The Kier molecular flexibility index (Phi) is 6.27. The maximum atomic E-state index is 12.5. The molecule has 1 aliphatic heterocycles. The first-order valence-corrected chi connectivity index (χ1v) is 7.58. The quantitative estimate of drug-likeness (QED) is 0.824. The molecule has 0 spiro atoms. The minimum absolute atomic E-state index is 0.0160. The fourth-order valence-electron chi connectivity index (χ4n) is 2.78. The van der Waals surface area contributed by atoms with Gasteiger partial charge in [0.05, 0.1) is 5.92 Å². The maximum absolute atomic E-state index is 12.5. The Morgan fingerprint density at radius 1 is 1.21 bits per heavy atom. The zero-order valence-corrected chi connectivity index (χ0v) is 13.1. The number of hydrogen-bond donors (Lipinski definition) is 1. The Hall–Kier alpha value is -0.610. The molecule has 0 aliphatic carbocycles. The topological polar surface area (TPSA) is 49.6 Å². The normalized spacial score (nSPS) is 19.5. The van der Waals surface area contributed by atoms with Crippen molar-refractivity contribution in [2.45, 2.75) is 40.5 Å². The number of carbonyl (C=O) groups excluding carboxylic acids is 1. The first-order chi connectivity index (χ1) is 8.87. The second-order valence-corrected chi connectivity index (χ2v) is 6.86. The Morgan fingerprint density at radius 2 is 1.79 bits per heavy atom. The van der Waals surface area contributed by atoms with Crippen LogP contribution in [0.4, 0.5) is 0 Å². The maximum Gasteiger partial charge on any atom is 0.227 e. The van der Waals surface area contributed by atoms with Crippen molar-refractivity contribution in [3.63, 3.8) is 0 Å². The van der Waals surface area contributed by atoms with Crippen molar-refractivity contribution in [2.75, 3.05) is 39.3 Å². The van der Waals surface area contributed by atoms with E-state index in [2.05, 4.69) is 32.6 Å². The van der Waals surface area contributed by atoms with E-state index in [1.165, 1.54) is 6.42 Å². The molecule has 0 aromatic rings. The summed E-state index contributed by atoms with van der Waals surface area (Å²) in [5, 5.41) is 0. The van der Waals surface area contributed by atoms with E-state index in [9.17, 15) is 4.79 Å². The number of amides is 1. The molecule has 1 rings (SSSR count). The summed E-state index contributed by atoms with van der Waals surface area (Å²) in [7, 11) is 0. The first-order valence-electron chi connectivity index (χ1n) is 7.58. The molecule has 2 N–H and O–H groups in total. The van der Waals surface area contributed by atoms with Crippen LogP contribution in [0, 0.1) is 11.3 Å². The monoisotopic (exact) mass is 269 g/mol. The van der Waals surface area contributed by atoms with Gasteiger partial charge in [-0.3, -0.25) is 9.69 Å². The number of hydrogen-bond acceptors (Lipinski definition) is 3. The Morgan fingerprint density at radius 3 is 2.21 bits per heavy atom. The summed E-state index contributed by atoms with van der Waals surface area (Å²) in [6.07, 6.45) is 2.06.